The second-order valence-electron chi connectivity index (χ2n) is 5.11. The summed E-state index contributed by atoms with van der Waals surface area (Å²) >= 11 is 0. The summed E-state index contributed by atoms with van der Waals surface area (Å²) in [7, 11) is 0. The Balaban J connectivity index is 2.01. The Morgan fingerprint density at radius 2 is 0.588 bits per heavy atom. The van der Waals surface area contributed by atoms with Crippen LogP contribution in [0.5, 0.6) is 0 Å². The minimum atomic E-state index is 0.778. The van der Waals surface area contributed by atoms with Crippen LogP contribution in [0.2, 0.25) is 0 Å². The van der Waals surface area contributed by atoms with E-state index in [9.17, 15) is 0 Å². The summed E-state index contributed by atoms with van der Waals surface area (Å²) in [4.78, 5) is 0. The second-order valence-corrected chi connectivity index (χ2v) is 5.11. The lowest BCUT2D eigenvalue weighted by Crippen LogP contribution is -2.06. The van der Waals surface area contributed by atoms with Crippen LogP contribution in [-0.4, -0.2) is 26.4 Å². The monoisotopic (exact) mass is 242 g/mol. The molecule has 0 radical (unpaired) electrons. The first kappa shape index (κ1) is 15.0. The average molecular weight is 242 g/mol. The molecule has 0 aliphatic carbocycles. The summed E-state index contributed by atoms with van der Waals surface area (Å²) in [6.07, 6.45) is 15.0. The van der Waals surface area contributed by atoms with Crippen LogP contribution in [0.1, 0.15) is 70.6 Å². The van der Waals surface area contributed by atoms with Crippen molar-refractivity contribution >= 4 is 0 Å². The van der Waals surface area contributed by atoms with Crippen molar-refractivity contribution in [3.05, 3.63) is 0 Å². The average Bonchev–Trinajstić information content (AvgIpc) is 2.35. The molecule has 2 heteroatoms. The van der Waals surface area contributed by atoms with Crippen molar-refractivity contribution in [1.29, 1.82) is 0 Å². The molecule has 102 valence electrons. The molecule has 0 aromatic rings. The highest BCUT2D eigenvalue weighted by Gasteiger charge is 1.96. The third-order valence-electron chi connectivity index (χ3n) is 3.45. The molecule has 1 rings (SSSR count). The van der Waals surface area contributed by atoms with Gasteiger partial charge in [-0.05, 0) is 12.8 Å². The Kier molecular flexibility index (Phi) is 10.9. The van der Waals surface area contributed by atoms with Crippen molar-refractivity contribution in [2.75, 3.05) is 26.4 Å². The van der Waals surface area contributed by atoms with Crippen molar-refractivity contribution in [2.24, 2.45) is 0 Å². The maximum Gasteiger partial charge on any atom is 0.0700 e. The Hall–Kier alpha value is -0.0800. The van der Waals surface area contributed by atoms with Gasteiger partial charge in [0.1, 0.15) is 0 Å². The molecule has 0 atom stereocenters. The minimum Gasteiger partial charge on any atom is -0.379 e. The lowest BCUT2D eigenvalue weighted by atomic mass is 10.1. The molecule has 1 saturated heterocycles. The van der Waals surface area contributed by atoms with Crippen LogP contribution in [0.3, 0.4) is 0 Å². The van der Waals surface area contributed by atoms with Gasteiger partial charge in [-0.25, -0.2) is 0 Å². The highest BCUT2D eigenvalue weighted by Crippen LogP contribution is 2.11. The zero-order valence-corrected chi connectivity index (χ0v) is 11.4. The van der Waals surface area contributed by atoms with Gasteiger partial charge in [-0.1, -0.05) is 57.8 Å². The van der Waals surface area contributed by atoms with E-state index < -0.39 is 0 Å². The lowest BCUT2D eigenvalue weighted by molar-refractivity contribution is 0.0449. The van der Waals surface area contributed by atoms with Crippen LogP contribution >= 0.6 is 0 Å². The quantitative estimate of drug-likeness (QED) is 0.629. The highest BCUT2D eigenvalue weighted by atomic mass is 16.5. The summed E-state index contributed by atoms with van der Waals surface area (Å²) in [5, 5.41) is 0. The molecule has 1 aliphatic rings. The Morgan fingerprint density at radius 3 is 0.941 bits per heavy atom. The lowest BCUT2D eigenvalue weighted by Gasteiger charge is -2.05. The Bertz CT molecular complexity index is 78.4. The van der Waals surface area contributed by atoms with E-state index in [0.29, 0.717) is 0 Å². The predicted octanol–water partition coefficient (Wildman–Crippen LogP) is 4.32. The molecule has 1 aliphatic heterocycles. The fourth-order valence-electron chi connectivity index (χ4n) is 2.32. The number of ether oxygens (including phenoxy) is 2. The molecule has 0 aromatic carbocycles. The zero-order chi connectivity index (χ0) is 12.0. The molecule has 0 saturated carbocycles. The number of hydrogen-bond donors (Lipinski definition) is 0. The maximum atomic E-state index is 5.53. The largest absolute Gasteiger partial charge is 0.379 e. The SMILES string of the molecule is C1CCCCCCOCCOCCCCCC1. The molecule has 0 unspecified atom stereocenters. The van der Waals surface area contributed by atoms with Crippen molar-refractivity contribution in [2.45, 2.75) is 70.6 Å². The normalized spacial score (nSPS) is 24.0. The third-order valence-corrected chi connectivity index (χ3v) is 3.45. The maximum absolute atomic E-state index is 5.53. The van der Waals surface area contributed by atoms with Gasteiger partial charge < -0.3 is 9.47 Å². The first-order valence-electron chi connectivity index (χ1n) is 7.65. The fourth-order valence-corrected chi connectivity index (χ4v) is 2.32. The molecule has 17 heavy (non-hydrogen) atoms. The number of hydrogen-bond acceptors (Lipinski definition) is 2. The summed E-state index contributed by atoms with van der Waals surface area (Å²) < 4.78 is 11.1. The molecule has 2 nitrogen and oxygen atoms in total. The smallest absolute Gasteiger partial charge is 0.0700 e. The second kappa shape index (κ2) is 12.4. The van der Waals surface area contributed by atoms with Crippen LogP contribution in [0.25, 0.3) is 0 Å². The van der Waals surface area contributed by atoms with E-state index in [2.05, 4.69) is 0 Å². The number of rotatable bonds is 0. The highest BCUT2D eigenvalue weighted by molar-refractivity contribution is 4.49. The van der Waals surface area contributed by atoms with Crippen LogP contribution in [0, 0.1) is 0 Å². The summed E-state index contributed by atoms with van der Waals surface area (Å²) in [6, 6.07) is 0. The zero-order valence-electron chi connectivity index (χ0n) is 11.4. The van der Waals surface area contributed by atoms with Crippen molar-refractivity contribution in [1.82, 2.24) is 0 Å². The first-order valence-corrected chi connectivity index (χ1v) is 7.65. The summed E-state index contributed by atoms with van der Waals surface area (Å²) in [5.41, 5.74) is 0. The van der Waals surface area contributed by atoms with Gasteiger partial charge in [-0.15, -0.1) is 0 Å². The Labute approximate surface area is 107 Å². The topological polar surface area (TPSA) is 18.5 Å². The van der Waals surface area contributed by atoms with Gasteiger partial charge in [-0.3, -0.25) is 0 Å². The van der Waals surface area contributed by atoms with Crippen molar-refractivity contribution in [3.8, 4) is 0 Å². The molecular weight excluding hydrogens is 212 g/mol. The molecule has 0 amide bonds. The van der Waals surface area contributed by atoms with Gasteiger partial charge in [0.2, 0.25) is 0 Å². The van der Waals surface area contributed by atoms with Gasteiger partial charge >= 0.3 is 0 Å². The standard InChI is InChI=1S/C15H30O2/c1-2-4-6-8-10-12-16-14-15-17-13-11-9-7-5-3-1/h1-15H2. The molecule has 1 heterocycles. The van der Waals surface area contributed by atoms with Gasteiger partial charge in [0.05, 0.1) is 13.2 Å². The molecule has 1 fully saturated rings. The molecular formula is C15H30O2. The molecule has 0 spiro atoms. The third kappa shape index (κ3) is 10.8. The van der Waals surface area contributed by atoms with Crippen molar-refractivity contribution < 1.29 is 9.47 Å². The van der Waals surface area contributed by atoms with Crippen LogP contribution < -0.4 is 0 Å². The fraction of sp³-hybridized carbons (Fsp3) is 1.00. The molecule has 0 N–H and O–H groups in total. The first-order chi connectivity index (χ1) is 8.50. The molecule has 0 aromatic heterocycles. The van der Waals surface area contributed by atoms with E-state index in [1.807, 2.05) is 0 Å². The van der Waals surface area contributed by atoms with Crippen LogP contribution in [-0.2, 0) is 9.47 Å². The van der Waals surface area contributed by atoms with Gasteiger partial charge in [0, 0.05) is 13.2 Å². The summed E-state index contributed by atoms with van der Waals surface area (Å²) in [5.74, 6) is 0. The van der Waals surface area contributed by atoms with E-state index in [1.54, 1.807) is 0 Å². The van der Waals surface area contributed by atoms with Crippen LogP contribution in [0.4, 0.5) is 0 Å². The van der Waals surface area contributed by atoms with E-state index in [1.165, 1.54) is 70.6 Å². The molecule has 0 bridgehead atoms. The minimum absolute atomic E-state index is 0.778. The van der Waals surface area contributed by atoms with Gasteiger partial charge in [0.15, 0.2) is 0 Å². The Morgan fingerprint density at radius 1 is 0.294 bits per heavy atom. The van der Waals surface area contributed by atoms with Crippen LogP contribution in [0.15, 0.2) is 0 Å². The van der Waals surface area contributed by atoms with E-state index in [0.717, 1.165) is 26.4 Å². The van der Waals surface area contributed by atoms with Gasteiger partial charge in [0.25, 0.3) is 0 Å². The van der Waals surface area contributed by atoms with E-state index in [4.69, 9.17) is 9.47 Å². The van der Waals surface area contributed by atoms with E-state index >= 15 is 0 Å². The summed E-state index contributed by atoms with van der Waals surface area (Å²) in [6.45, 7) is 3.40. The van der Waals surface area contributed by atoms with Crippen molar-refractivity contribution in [3.63, 3.8) is 0 Å². The predicted molar refractivity (Wildman–Crippen MR) is 72.4 cm³/mol. The van der Waals surface area contributed by atoms with Gasteiger partial charge in [-0.2, -0.15) is 0 Å². The van der Waals surface area contributed by atoms with E-state index in [-0.39, 0.29) is 0 Å².